The Hall–Kier alpha value is -2.54. The van der Waals surface area contributed by atoms with Gasteiger partial charge in [-0.05, 0) is 69.2 Å². The molecule has 164 valence electrons. The van der Waals surface area contributed by atoms with Gasteiger partial charge in [-0.2, -0.15) is 4.39 Å². The van der Waals surface area contributed by atoms with Gasteiger partial charge in [-0.3, -0.25) is 4.79 Å². The van der Waals surface area contributed by atoms with Gasteiger partial charge in [0.1, 0.15) is 5.82 Å². The summed E-state index contributed by atoms with van der Waals surface area (Å²) in [7, 11) is 0. The van der Waals surface area contributed by atoms with Gasteiger partial charge >= 0.3 is 0 Å². The molecule has 4 heterocycles. The number of nitrogens with zero attached hydrogens (tertiary/aromatic N) is 4. The highest BCUT2D eigenvalue weighted by Crippen LogP contribution is 2.43. The second-order valence-corrected chi connectivity index (χ2v) is 9.29. The Balaban J connectivity index is 1.29. The van der Waals surface area contributed by atoms with Crippen molar-refractivity contribution in [1.29, 1.82) is 0 Å². The van der Waals surface area contributed by atoms with Crippen LogP contribution in [-0.2, 0) is 4.79 Å². The van der Waals surface area contributed by atoms with Crippen molar-refractivity contribution >= 4 is 11.7 Å². The minimum atomic E-state index is -0.494. The molecule has 0 bridgehead atoms. The van der Waals surface area contributed by atoms with E-state index >= 15 is 0 Å². The summed E-state index contributed by atoms with van der Waals surface area (Å²) in [4.78, 5) is 26.2. The molecule has 6 nitrogen and oxygen atoms in total. The van der Waals surface area contributed by atoms with E-state index in [4.69, 9.17) is 0 Å². The number of hydrogen-bond acceptors (Lipinski definition) is 5. The molecule has 31 heavy (non-hydrogen) atoms. The van der Waals surface area contributed by atoms with Crippen molar-refractivity contribution in [3.8, 4) is 11.1 Å². The van der Waals surface area contributed by atoms with Gasteiger partial charge < -0.3 is 14.9 Å². The lowest BCUT2D eigenvalue weighted by Crippen LogP contribution is -2.50. The van der Waals surface area contributed by atoms with Crippen molar-refractivity contribution in [2.24, 2.45) is 5.41 Å². The number of rotatable bonds is 3. The second kappa shape index (κ2) is 8.19. The highest BCUT2D eigenvalue weighted by Gasteiger charge is 2.50. The zero-order valence-corrected chi connectivity index (χ0v) is 17.7. The molecule has 7 heteroatoms. The van der Waals surface area contributed by atoms with Crippen LogP contribution in [0.15, 0.2) is 36.7 Å². The number of carbonyl (C=O) groups excluding carboxylic acids is 1. The fraction of sp³-hybridized carbons (Fsp3) is 0.542. The van der Waals surface area contributed by atoms with Gasteiger partial charge in [0.25, 0.3) is 0 Å². The van der Waals surface area contributed by atoms with Crippen LogP contribution in [0.1, 0.15) is 44.9 Å². The number of likely N-dealkylation sites (tertiary alicyclic amines) is 1. The molecular formula is C24H29FN4O2. The Bertz CT molecular complexity index is 928. The fourth-order valence-electron chi connectivity index (χ4n) is 5.56. The van der Waals surface area contributed by atoms with E-state index in [9.17, 15) is 14.3 Å². The molecule has 2 aliphatic heterocycles. The van der Waals surface area contributed by atoms with E-state index in [1.165, 1.54) is 12.3 Å². The third-order valence-electron chi connectivity index (χ3n) is 7.36. The van der Waals surface area contributed by atoms with Crippen LogP contribution in [0.2, 0.25) is 0 Å². The molecule has 2 saturated heterocycles. The minimum absolute atomic E-state index is 0.201. The summed E-state index contributed by atoms with van der Waals surface area (Å²) in [6, 6.07) is 7.30. The number of aliphatic hydroxyl groups is 1. The molecule has 2 aromatic heterocycles. The van der Waals surface area contributed by atoms with Crippen LogP contribution < -0.4 is 4.90 Å². The maximum atomic E-state index is 13.5. The van der Waals surface area contributed by atoms with Crippen LogP contribution in [0.3, 0.4) is 0 Å². The molecule has 0 aromatic carbocycles. The third kappa shape index (κ3) is 3.91. The SMILES string of the molecule is O=C1N([C@H]2CC[C@H](O)CC2)CC[C@@]12CCCN(c1ccc(-c3ccc(F)nc3)cn1)C2. The lowest BCUT2D eigenvalue weighted by atomic mass is 9.78. The van der Waals surface area contributed by atoms with Crippen molar-refractivity contribution in [2.45, 2.75) is 57.1 Å². The molecule has 1 atom stereocenters. The monoisotopic (exact) mass is 424 g/mol. The molecule has 1 aliphatic carbocycles. The van der Waals surface area contributed by atoms with Gasteiger partial charge in [-0.15, -0.1) is 0 Å². The average Bonchev–Trinajstić information content (AvgIpc) is 3.10. The summed E-state index contributed by atoms with van der Waals surface area (Å²) in [5, 5.41) is 9.81. The first-order valence-electron chi connectivity index (χ1n) is 11.4. The van der Waals surface area contributed by atoms with Crippen molar-refractivity contribution in [2.75, 3.05) is 24.5 Å². The Labute approximate surface area is 182 Å². The van der Waals surface area contributed by atoms with Gasteiger partial charge in [0.05, 0.1) is 11.5 Å². The van der Waals surface area contributed by atoms with Crippen LogP contribution in [-0.4, -0.2) is 57.7 Å². The summed E-state index contributed by atoms with van der Waals surface area (Å²) in [5.74, 6) is 0.684. The molecule has 5 rings (SSSR count). The van der Waals surface area contributed by atoms with Crippen LogP contribution >= 0.6 is 0 Å². The number of hydrogen-bond donors (Lipinski definition) is 1. The van der Waals surface area contributed by atoms with Gasteiger partial charge in [-0.25, -0.2) is 9.97 Å². The lowest BCUT2D eigenvalue weighted by Gasteiger charge is -2.41. The van der Waals surface area contributed by atoms with Gasteiger partial charge in [0, 0.05) is 49.2 Å². The zero-order valence-electron chi connectivity index (χ0n) is 17.7. The average molecular weight is 425 g/mol. The predicted octanol–water partition coefficient (Wildman–Crippen LogP) is 3.41. The number of aliphatic hydroxyl groups excluding tert-OH is 1. The molecule has 2 aromatic rings. The van der Waals surface area contributed by atoms with E-state index < -0.39 is 5.95 Å². The van der Waals surface area contributed by atoms with Crippen molar-refractivity contribution in [1.82, 2.24) is 14.9 Å². The van der Waals surface area contributed by atoms with E-state index in [1.807, 2.05) is 12.1 Å². The molecule has 1 saturated carbocycles. The number of halogens is 1. The maximum absolute atomic E-state index is 13.5. The summed E-state index contributed by atoms with van der Waals surface area (Å²) in [6.45, 7) is 2.44. The van der Waals surface area contributed by atoms with Crippen LogP contribution in [0, 0.1) is 11.4 Å². The van der Waals surface area contributed by atoms with Crippen molar-refractivity contribution in [3.05, 3.63) is 42.6 Å². The quantitative estimate of drug-likeness (QED) is 0.765. The number of pyridine rings is 2. The van der Waals surface area contributed by atoms with E-state index in [-0.39, 0.29) is 17.6 Å². The van der Waals surface area contributed by atoms with Gasteiger partial charge in [0.15, 0.2) is 0 Å². The predicted molar refractivity (Wildman–Crippen MR) is 116 cm³/mol. The highest BCUT2D eigenvalue weighted by molar-refractivity contribution is 5.86. The smallest absolute Gasteiger partial charge is 0.230 e. The summed E-state index contributed by atoms with van der Waals surface area (Å²) in [5.41, 5.74) is 1.41. The number of aromatic nitrogens is 2. The first-order valence-corrected chi connectivity index (χ1v) is 11.4. The summed E-state index contributed by atoms with van der Waals surface area (Å²) < 4.78 is 13.1. The highest BCUT2D eigenvalue weighted by atomic mass is 19.1. The fourth-order valence-corrected chi connectivity index (χ4v) is 5.56. The Morgan fingerprint density at radius 1 is 0.968 bits per heavy atom. The van der Waals surface area contributed by atoms with E-state index in [2.05, 4.69) is 19.8 Å². The molecule has 1 amide bonds. The Morgan fingerprint density at radius 3 is 2.39 bits per heavy atom. The maximum Gasteiger partial charge on any atom is 0.230 e. The molecular weight excluding hydrogens is 395 g/mol. The van der Waals surface area contributed by atoms with Crippen LogP contribution in [0.5, 0.6) is 0 Å². The third-order valence-corrected chi connectivity index (χ3v) is 7.36. The molecule has 1 N–H and O–H groups in total. The molecule has 0 unspecified atom stereocenters. The van der Waals surface area contributed by atoms with Crippen molar-refractivity contribution in [3.63, 3.8) is 0 Å². The number of piperidine rings is 1. The van der Waals surface area contributed by atoms with E-state index in [0.29, 0.717) is 12.5 Å². The Morgan fingerprint density at radius 2 is 1.71 bits per heavy atom. The second-order valence-electron chi connectivity index (χ2n) is 9.29. The number of anilines is 1. The zero-order chi connectivity index (χ0) is 21.4. The molecule has 3 aliphatic rings. The number of amides is 1. The normalized spacial score (nSPS) is 29.0. The van der Waals surface area contributed by atoms with Gasteiger partial charge in [-0.1, -0.05) is 0 Å². The van der Waals surface area contributed by atoms with Crippen LogP contribution in [0.4, 0.5) is 10.2 Å². The number of carbonyl (C=O) groups is 1. The largest absolute Gasteiger partial charge is 0.393 e. The summed E-state index contributed by atoms with van der Waals surface area (Å²) >= 11 is 0. The first-order chi connectivity index (χ1) is 15.0. The minimum Gasteiger partial charge on any atom is -0.393 e. The molecule has 0 radical (unpaired) electrons. The molecule has 3 fully saturated rings. The topological polar surface area (TPSA) is 69.6 Å². The lowest BCUT2D eigenvalue weighted by molar-refractivity contribution is -0.139. The van der Waals surface area contributed by atoms with Gasteiger partial charge in [0.2, 0.25) is 11.9 Å². The summed E-state index contributed by atoms with van der Waals surface area (Å²) in [6.07, 6.45) is 9.35. The molecule has 1 spiro atoms. The standard InChI is InChI=1S/C24H29FN4O2/c25-21-8-2-17(14-26-21)18-3-9-22(27-15-18)28-12-1-10-24(16-28)11-13-29(23(24)31)19-4-6-20(30)7-5-19/h2-3,8-9,14-15,19-20,30H,1,4-7,10-13,16H2/t19-,20-,24-/m1/s1. The van der Waals surface area contributed by atoms with Crippen LogP contribution in [0.25, 0.3) is 11.1 Å². The van der Waals surface area contributed by atoms with E-state index in [1.54, 1.807) is 12.3 Å². The van der Waals surface area contributed by atoms with E-state index in [0.717, 1.165) is 75.0 Å². The first kappa shape index (κ1) is 20.4. The Kier molecular flexibility index (Phi) is 5.38. The van der Waals surface area contributed by atoms with Crippen molar-refractivity contribution < 1.29 is 14.3 Å².